The molecule has 0 aromatic carbocycles. The van der Waals surface area contributed by atoms with Gasteiger partial charge in [0.25, 0.3) is 0 Å². The first kappa shape index (κ1) is 15.2. The van der Waals surface area contributed by atoms with E-state index in [0.29, 0.717) is 32.5 Å². The van der Waals surface area contributed by atoms with Gasteiger partial charge in [-0.15, -0.1) is 0 Å². The van der Waals surface area contributed by atoms with Gasteiger partial charge >= 0.3 is 12.0 Å². The SMILES string of the molecule is O=C(O)COC1CCN(C(=O)NCc2ccccn2)CC1. The topological polar surface area (TPSA) is 91.8 Å². The molecule has 0 saturated carbocycles. The molecule has 1 saturated heterocycles. The van der Waals surface area contributed by atoms with Crippen LogP contribution >= 0.6 is 0 Å². The summed E-state index contributed by atoms with van der Waals surface area (Å²) in [5, 5.41) is 11.4. The van der Waals surface area contributed by atoms with E-state index in [1.54, 1.807) is 11.1 Å². The summed E-state index contributed by atoms with van der Waals surface area (Å²) in [7, 11) is 0. The molecule has 0 atom stereocenters. The molecule has 0 aliphatic carbocycles. The highest BCUT2D eigenvalue weighted by Gasteiger charge is 2.23. The molecule has 2 rings (SSSR count). The summed E-state index contributed by atoms with van der Waals surface area (Å²) in [5.41, 5.74) is 0.811. The largest absolute Gasteiger partial charge is 0.480 e. The standard InChI is InChI=1S/C14H19N3O4/c18-13(19)10-21-12-4-7-17(8-5-12)14(20)16-9-11-3-1-2-6-15-11/h1-3,6,12H,4-5,7-10H2,(H,16,20)(H,18,19). The van der Waals surface area contributed by atoms with Crippen LogP contribution in [0.15, 0.2) is 24.4 Å². The van der Waals surface area contributed by atoms with E-state index in [0.717, 1.165) is 5.69 Å². The van der Waals surface area contributed by atoms with Crippen LogP contribution in [0.1, 0.15) is 18.5 Å². The monoisotopic (exact) mass is 293 g/mol. The molecule has 7 nitrogen and oxygen atoms in total. The second-order valence-electron chi connectivity index (χ2n) is 4.87. The van der Waals surface area contributed by atoms with Crippen LogP contribution in [0.4, 0.5) is 4.79 Å². The van der Waals surface area contributed by atoms with E-state index in [4.69, 9.17) is 9.84 Å². The summed E-state index contributed by atoms with van der Waals surface area (Å²) in [5.74, 6) is -0.967. The third-order valence-corrected chi connectivity index (χ3v) is 3.32. The number of carboxylic acid groups (broad SMARTS) is 1. The molecule has 114 valence electrons. The van der Waals surface area contributed by atoms with Crippen molar-refractivity contribution in [1.29, 1.82) is 0 Å². The van der Waals surface area contributed by atoms with Crippen molar-refractivity contribution >= 4 is 12.0 Å². The normalized spacial score (nSPS) is 15.7. The van der Waals surface area contributed by atoms with Crippen molar-refractivity contribution in [2.75, 3.05) is 19.7 Å². The molecule has 21 heavy (non-hydrogen) atoms. The van der Waals surface area contributed by atoms with Gasteiger partial charge in [0.2, 0.25) is 0 Å². The van der Waals surface area contributed by atoms with Crippen molar-refractivity contribution in [2.45, 2.75) is 25.5 Å². The first-order valence-corrected chi connectivity index (χ1v) is 6.91. The summed E-state index contributed by atoms with van der Waals surface area (Å²) < 4.78 is 5.23. The molecule has 0 radical (unpaired) electrons. The Morgan fingerprint density at radius 1 is 1.38 bits per heavy atom. The van der Waals surface area contributed by atoms with Crippen LogP contribution in [0.3, 0.4) is 0 Å². The summed E-state index contributed by atoms with van der Waals surface area (Å²) in [6, 6.07) is 5.43. The van der Waals surface area contributed by atoms with Crippen LogP contribution in [0.5, 0.6) is 0 Å². The van der Waals surface area contributed by atoms with Crippen LogP contribution in [0.25, 0.3) is 0 Å². The summed E-state index contributed by atoms with van der Waals surface area (Å²) in [6.07, 6.45) is 2.92. The molecule has 2 N–H and O–H groups in total. The first-order valence-electron chi connectivity index (χ1n) is 6.91. The average Bonchev–Trinajstić information content (AvgIpc) is 2.52. The van der Waals surface area contributed by atoms with E-state index in [1.165, 1.54) is 0 Å². The number of piperidine rings is 1. The molecule has 1 aromatic heterocycles. The molecule has 1 aliphatic rings. The second-order valence-corrected chi connectivity index (χ2v) is 4.87. The van der Waals surface area contributed by atoms with Crippen LogP contribution in [-0.4, -0.2) is 52.8 Å². The smallest absolute Gasteiger partial charge is 0.329 e. The molecule has 1 aromatic rings. The lowest BCUT2D eigenvalue weighted by atomic mass is 10.1. The fraction of sp³-hybridized carbons (Fsp3) is 0.500. The third-order valence-electron chi connectivity index (χ3n) is 3.32. The van der Waals surface area contributed by atoms with Crippen molar-refractivity contribution in [3.05, 3.63) is 30.1 Å². The number of carbonyl (C=O) groups excluding carboxylic acids is 1. The van der Waals surface area contributed by atoms with Crippen molar-refractivity contribution < 1.29 is 19.4 Å². The van der Waals surface area contributed by atoms with Crippen molar-refractivity contribution in [3.8, 4) is 0 Å². The van der Waals surface area contributed by atoms with E-state index in [1.807, 2.05) is 18.2 Å². The lowest BCUT2D eigenvalue weighted by molar-refractivity contribution is -0.145. The van der Waals surface area contributed by atoms with Gasteiger partial charge in [0.05, 0.1) is 18.3 Å². The molecule has 0 unspecified atom stereocenters. The number of urea groups is 1. The highest BCUT2D eigenvalue weighted by molar-refractivity contribution is 5.74. The zero-order valence-corrected chi connectivity index (χ0v) is 11.7. The number of ether oxygens (including phenoxy) is 1. The number of nitrogens with zero attached hydrogens (tertiary/aromatic N) is 2. The Morgan fingerprint density at radius 2 is 2.14 bits per heavy atom. The number of amides is 2. The lowest BCUT2D eigenvalue weighted by Gasteiger charge is -2.31. The number of aromatic nitrogens is 1. The molecule has 0 spiro atoms. The number of aliphatic carboxylic acids is 1. The van der Waals surface area contributed by atoms with Crippen LogP contribution in [0.2, 0.25) is 0 Å². The molecular formula is C14H19N3O4. The van der Waals surface area contributed by atoms with Gasteiger partial charge in [-0.3, -0.25) is 4.98 Å². The van der Waals surface area contributed by atoms with Gasteiger partial charge in [0.15, 0.2) is 0 Å². The minimum absolute atomic E-state index is 0.0825. The molecule has 0 bridgehead atoms. The molecule has 1 fully saturated rings. The molecule has 2 amide bonds. The van der Waals surface area contributed by atoms with Gasteiger partial charge in [0.1, 0.15) is 6.61 Å². The maximum absolute atomic E-state index is 12.0. The third kappa shape index (κ3) is 5.03. The Bertz CT molecular complexity index is 472. The second kappa shape index (κ2) is 7.58. The summed E-state index contributed by atoms with van der Waals surface area (Å²) in [6.45, 7) is 1.25. The van der Waals surface area contributed by atoms with Crippen LogP contribution < -0.4 is 5.32 Å². The van der Waals surface area contributed by atoms with Crippen LogP contribution in [0, 0.1) is 0 Å². The van der Waals surface area contributed by atoms with E-state index in [2.05, 4.69) is 10.3 Å². The van der Waals surface area contributed by atoms with Gasteiger partial charge in [-0.05, 0) is 25.0 Å². The van der Waals surface area contributed by atoms with E-state index in [-0.39, 0.29) is 18.7 Å². The lowest BCUT2D eigenvalue weighted by Crippen LogP contribution is -2.46. The number of carboxylic acids is 1. The molecule has 1 aliphatic heterocycles. The molecular weight excluding hydrogens is 274 g/mol. The summed E-state index contributed by atoms with van der Waals surface area (Å²) >= 11 is 0. The Labute approximate surface area is 122 Å². The minimum Gasteiger partial charge on any atom is -0.480 e. The number of rotatable bonds is 5. The van der Waals surface area contributed by atoms with E-state index in [9.17, 15) is 9.59 Å². The van der Waals surface area contributed by atoms with Gasteiger partial charge in [0, 0.05) is 19.3 Å². The highest BCUT2D eigenvalue weighted by Crippen LogP contribution is 2.13. The molecule has 7 heteroatoms. The summed E-state index contributed by atoms with van der Waals surface area (Å²) in [4.78, 5) is 28.3. The number of nitrogens with one attached hydrogen (secondary N) is 1. The van der Waals surface area contributed by atoms with Gasteiger partial charge in [-0.25, -0.2) is 9.59 Å². The predicted octanol–water partition coefficient (Wildman–Crippen LogP) is 0.857. The average molecular weight is 293 g/mol. The highest BCUT2D eigenvalue weighted by atomic mass is 16.5. The van der Waals surface area contributed by atoms with Gasteiger partial charge in [-0.2, -0.15) is 0 Å². The Balaban J connectivity index is 1.69. The number of hydrogen-bond donors (Lipinski definition) is 2. The van der Waals surface area contributed by atoms with Crippen molar-refractivity contribution in [2.24, 2.45) is 0 Å². The van der Waals surface area contributed by atoms with Crippen molar-refractivity contribution in [3.63, 3.8) is 0 Å². The quantitative estimate of drug-likeness (QED) is 0.840. The number of hydrogen-bond acceptors (Lipinski definition) is 4. The minimum atomic E-state index is -0.967. The number of carbonyl (C=O) groups is 2. The fourth-order valence-corrected chi connectivity index (χ4v) is 2.20. The molecule has 2 heterocycles. The van der Waals surface area contributed by atoms with Gasteiger partial charge in [-0.1, -0.05) is 6.07 Å². The number of likely N-dealkylation sites (tertiary alicyclic amines) is 1. The predicted molar refractivity (Wildman–Crippen MR) is 74.7 cm³/mol. The van der Waals surface area contributed by atoms with Crippen LogP contribution in [-0.2, 0) is 16.1 Å². The van der Waals surface area contributed by atoms with Gasteiger partial charge < -0.3 is 20.1 Å². The number of pyridine rings is 1. The Morgan fingerprint density at radius 3 is 2.76 bits per heavy atom. The zero-order valence-electron chi connectivity index (χ0n) is 11.7. The first-order chi connectivity index (χ1) is 10.1. The van der Waals surface area contributed by atoms with E-state index < -0.39 is 5.97 Å². The maximum atomic E-state index is 12.0. The van der Waals surface area contributed by atoms with Crippen molar-refractivity contribution in [1.82, 2.24) is 15.2 Å². The Kier molecular flexibility index (Phi) is 5.51. The fourth-order valence-electron chi connectivity index (χ4n) is 2.20. The maximum Gasteiger partial charge on any atom is 0.329 e. The Hall–Kier alpha value is -2.15. The van der Waals surface area contributed by atoms with E-state index >= 15 is 0 Å². The zero-order chi connectivity index (χ0) is 15.1.